The molecule has 22 heavy (non-hydrogen) atoms. The number of nitrogens with two attached hydrogens (primary N) is 1. The molecule has 2 rings (SSSR count). The van der Waals surface area contributed by atoms with Gasteiger partial charge in [-0.1, -0.05) is 38.1 Å². The van der Waals surface area contributed by atoms with Gasteiger partial charge in [0.2, 0.25) is 5.91 Å². The van der Waals surface area contributed by atoms with Crippen LogP contribution in [0, 0.1) is 6.92 Å². The van der Waals surface area contributed by atoms with Gasteiger partial charge in [-0.2, -0.15) is 0 Å². The number of aryl methyl sites for hydroxylation is 1. The van der Waals surface area contributed by atoms with Crippen molar-refractivity contribution < 1.29 is 4.79 Å². The van der Waals surface area contributed by atoms with E-state index in [2.05, 4.69) is 31.3 Å². The molecule has 0 saturated carbocycles. The third-order valence-corrected chi connectivity index (χ3v) is 3.54. The van der Waals surface area contributed by atoms with Crippen molar-refractivity contribution in [2.75, 3.05) is 11.1 Å². The number of carbonyl (C=O) groups excluding carboxylic acids is 1. The van der Waals surface area contributed by atoms with E-state index in [4.69, 9.17) is 5.73 Å². The minimum absolute atomic E-state index is 0.152. The predicted molar refractivity (Wildman–Crippen MR) is 93.8 cm³/mol. The Morgan fingerprint density at radius 3 is 2.41 bits per heavy atom. The molecule has 0 fully saturated rings. The van der Waals surface area contributed by atoms with Gasteiger partial charge in [0.05, 0.1) is 0 Å². The Hall–Kier alpha value is -2.55. The molecule has 3 nitrogen and oxygen atoms in total. The molecule has 3 N–H and O–H groups in total. The third-order valence-electron chi connectivity index (χ3n) is 3.54. The second kappa shape index (κ2) is 6.94. The van der Waals surface area contributed by atoms with Crippen molar-refractivity contribution in [2.24, 2.45) is 0 Å². The summed E-state index contributed by atoms with van der Waals surface area (Å²) >= 11 is 0. The average Bonchev–Trinajstić information content (AvgIpc) is 2.48. The number of carbonyl (C=O) groups is 1. The molecular weight excluding hydrogens is 272 g/mol. The molecule has 0 spiro atoms. The number of amides is 1. The van der Waals surface area contributed by atoms with Crippen LogP contribution in [0.4, 0.5) is 11.4 Å². The van der Waals surface area contributed by atoms with Crippen LogP contribution in [0.5, 0.6) is 0 Å². The Morgan fingerprint density at radius 2 is 1.82 bits per heavy atom. The summed E-state index contributed by atoms with van der Waals surface area (Å²) in [5, 5.41) is 2.86. The highest BCUT2D eigenvalue weighted by Crippen LogP contribution is 2.18. The van der Waals surface area contributed by atoms with Crippen molar-refractivity contribution >= 4 is 23.4 Å². The lowest BCUT2D eigenvalue weighted by molar-refractivity contribution is -0.111. The quantitative estimate of drug-likeness (QED) is 0.650. The summed E-state index contributed by atoms with van der Waals surface area (Å²) in [6, 6.07) is 13.6. The summed E-state index contributed by atoms with van der Waals surface area (Å²) in [5.41, 5.74) is 10.4. The van der Waals surface area contributed by atoms with Crippen LogP contribution in [0.25, 0.3) is 6.08 Å². The summed E-state index contributed by atoms with van der Waals surface area (Å²) in [5.74, 6) is 0.357. The van der Waals surface area contributed by atoms with Crippen molar-refractivity contribution in [1.82, 2.24) is 0 Å². The molecule has 3 heteroatoms. The van der Waals surface area contributed by atoms with E-state index in [0.29, 0.717) is 11.6 Å². The van der Waals surface area contributed by atoms with Gasteiger partial charge in [0.25, 0.3) is 0 Å². The molecule has 1 amide bonds. The summed E-state index contributed by atoms with van der Waals surface area (Å²) in [7, 11) is 0. The van der Waals surface area contributed by atoms with Crippen LogP contribution >= 0.6 is 0 Å². The fourth-order valence-corrected chi connectivity index (χ4v) is 2.17. The first-order valence-corrected chi connectivity index (χ1v) is 7.41. The van der Waals surface area contributed by atoms with E-state index in [1.165, 1.54) is 5.56 Å². The fraction of sp³-hybridized carbons (Fsp3) is 0.211. The van der Waals surface area contributed by atoms with Crippen LogP contribution in [0.3, 0.4) is 0 Å². The molecule has 0 saturated heterocycles. The first kappa shape index (κ1) is 15.8. The molecule has 0 aliphatic carbocycles. The van der Waals surface area contributed by atoms with Gasteiger partial charge in [-0.15, -0.1) is 0 Å². The van der Waals surface area contributed by atoms with E-state index in [-0.39, 0.29) is 5.91 Å². The molecule has 0 aliphatic heterocycles. The molecular formula is C19H22N2O. The number of rotatable bonds is 4. The summed E-state index contributed by atoms with van der Waals surface area (Å²) in [4.78, 5) is 12.0. The summed E-state index contributed by atoms with van der Waals surface area (Å²) in [6.07, 6.45) is 3.35. The standard InChI is InChI=1S/C19H22N2O/c1-13(2)16-7-4-15(5-8-16)6-11-19(22)21-18-10-9-17(20)12-14(18)3/h4-13H,20H2,1-3H3,(H,21,22)/b11-6+. The average molecular weight is 294 g/mol. The van der Waals surface area contributed by atoms with Crippen LogP contribution in [0.2, 0.25) is 0 Å². The van der Waals surface area contributed by atoms with Crippen LogP contribution in [0.15, 0.2) is 48.5 Å². The topological polar surface area (TPSA) is 55.1 Å². The smallest absolute Gasteiger partial charge is 0.248 e. The Labute approximate surface area is 131 Å². The maximum absolute atomic E-state index is 12.0. The van der Waals surface area contributed by atoms with Crippen LogP contribution in [-0.4, -0.2) is 5.91 Å². The van der Waals surface area contributed by atoms with Crippen molar-refractivity contribution in [3.63, 3.8) is 0 Å². The van der Waals surface area contributed by atoms with Crippen LogP contribution < -0.4 is 11.1 Å². The minimum atomic E-state index is -0.152. The monoisotopic (exact) mass is 294 g/mol. The number of nitrogen functional groups attached to an aromatic ring is 1. The zero-order chi connectivity index (χ0) is 16.1. The molecule has 0 atom stereocenters. The molecule has 0 bridgehead atoms. The van der Waals surface area contributed by atoms with Crippen molar-refractivity contribution in [3.8, 4) is 0 Å². The second-order valence-electron chi connectivity index (χ2n) is 5.72. The van der Waals surface area contributed by atoms with Gasteiger partial charge in [0, 0.05) is 17.5 Å². The Kier molecular flexibility index (Phi) is 4.99. The number of anilines is 2. The fourth-order valence-electron chi connectivity index (χ4n) is 2.17. The largest absolute Gasteiger partial charge is 0.399 e. The van der Waals surface area contributed by atoms with Gasteiger partial charge in [0.15, 0.2) is 0 Å². The molecule has 0 aromatic heterocycles. The van der Waals surface area contributed by atoms with Gasteiger partial charge < -0.3 is 11.1 Å². The van der Waals surface area contributed by atoms with E-state index in [1.807, 2.05) is 37.3 Å². The van der Waals surface area contributed by atoms with Crippen LogP contribution in [0.1, 0.15) is 36.5 Å². The second-order valence-corrected chi connectivity index (χ2v) is 5.72. The maximum atomic E-state index is 12.0. The van der Waals surface area contributed by atoms with Crippen molar-refractivity contribution in [1.29, 1.82) is 0 Å². The maximum Gasteiger partial charge on any atom is 0.248 e. The van der Waals surface area contributed by atoms with E-state index in [9.17, 15) is 4.79 Å². The predicted octanol–water partition coefficient (Wildman–Crippen LogP) is 4.35. The lowest BCUT2D eigenvalue weighted by Gasteiger charge is -2.07. The minimum Gasteiger partial charge on any atom is -0.399 e. The highest BCUT2D eigenvalue weighted by atomic mass is 16.1. The number of hydrogen-bond donors (Lipinski definition) is 2. The zero-order valence-electron chi connectivity index (χ0n) is 13.3. The Balaban J connectivity index is 2.01. The molecule has 2 aromatic rings. The zero-order valence-corrected chi connectivity index (χ0v) is 13.3. The number of benzene rings is 2. The first-order chi connectivity index (χ1) is 10.5. The molecule has 2 aromatic carbocycles. The van der Waals surface area contributed by atoms with Gasteiger partial charge >= 0.3 is 0 Å². The lowest BCUT2D eigenvalue weighted by Crippen LogP contribution is -2.09. The van der Waals surface area contributed by atoms with Gasteiger partial charge in [-0.25, -0.2) is 0 Å². The van der Waals surface area contributed by atoms with Gasteiger partial charge in [0.1, 0.15) is 0 Å². The molecule has 0 radical (unpaired) electrons. The van der Waals surface area contributed by atoms with Crippen molar-refractivity contribution in [3.05, 3.63) is 65.2 Å². The van der Waals surface area contributed by atoms with Crippen molar-refractivity contribution in [2.45, 2.75) is 26.7 Å². The van der Waals surface area contributed by atoms with E-state index in [0.717, 1.165) is 16.8 Å². The third kappa shape index (κ3) is 4.22. The lowest BCUT2D eigenvalue weighted by atomic mass is 10.0. The number of hydrogen-bond acceptors (Lipinski definition) is 2. The molecule has 0 aliphatic rings. The normalized spacial score (nSPS) is 11.1. The molecule has 114 valence electrons. The molecule has 0 unspecified atom stereocenters. The number of nitrogens with one attached hydrogen (secondary N) is 1. The van der Waals surface area contributed by atoms with Crippen LogP contribution in [-0.2, 0) is 4.79 Å². The summed E-state index contributed by atoms with van der Waals surface area (Å²) < 4.78 is 0. The van der Waals surface area contributed by atoms with E-state index < -0.39 is 0 Å². The first-order valence-electron chi connectivity index (χ1n) is 7.41. The Morgan fingerprint density at radius 1 is 1.14 bits per heavy atom. The summed E-state index contributed by atoms with van der Waals surface area (Å²) in [6.45, 7) is 6.24. The van der Waals surface area contributed by atoms with Gasteiger partial charge in [-0.05, 0) is 53.8 Å². The highest BCUT2D eigenvalue weighted by Gasteiger charge is 2.02. The van der Waals surface area contributed by atoms with E-state index in [1.54, 1.807) is 12.1 Å². The molecule has 0 heterocycles. The van der Waals surface area contributed by atoms with E-state index >= 15 is 0 Å². The SMILES string of the molecule is Cc1cc(N)ccc1NC(=O)/C=C/c1ccc(C(C)C)cc1. The Bertz CT molecular complexity index is 685. The highest BCUT2D eigenvalue weighted by molar-refractivity contribution is 6.02. The van der Waals surface area contributed by atoms with Gasteiger partial charge in [-0.3, -0.25) is 4.79 Å².